The predicted molar refractivity (Wildman–Crippen MR) is 62.4 cm³/mol. The van der Waals surface area contributed by atoms with E-state index in [0.717, 1.165) is 16.7 Å². The van der Waals surface area contributed by atoms with Crippen LogP contribution in [0.25, 0.3) is 11.1 Å². The molecule has 0 atom stereocenters. The molecule has 0 spiro atoms. The Hall–Kier alpha value is -2.09. The Morgan fingerprint density at radius 3 is 2.38 bits per heavy atom. The zero-order valence-electron chi connectivity index (χ0n) is 8.90. The number of aryl methyl sites for hydroxylation is 1. The highest BCUT2D eigenvalue weighted by Crippen LogP contribution is 2.21. The molecule has 0 heterocycles. The van der Waals surface area contributed by atoms with Crippen LogP contribution in [-0.4, -0.2) is 11.1 Å². The van der Waals surface area contributed by atoms with Gasteiger partial charge in [0.25, 0.3) is 0 Å². The van der Waals surface area contributed by atoms with E-state index in [2.05, 4.69) is 6.07 Å². The molecule has 2 aromatic rings. The third kappa shape index (κ3) is 1.96. The number of carboxylic acid groups (broad SMARTS) is 1. The lowest BCUT2D eigenvalue weighted by molar-refractivity contribution is 0.0696. The average molecular weight is 211 g/mol. The van der Waals surface area contributed by atoms with E-state index in [1.54, 1.807) is 6.07 Å². The van der Waals surface area contributed by atoms with Crippen molar-refractivity contribution in [2.45, 2.75) is 6.92 Å². The molecular formula is C14H11O2. The molecule has 2 rings (SSSR count). The normalized spacial score (nSPS) is 10.1. The highest BCUT2D eigenvalue weighted by Gasteiger charge is 2.07. The number of aromatic carboxylic acids is 1. The van der Waals surface area contributed by atoms with Crippen LogP contribution in [0.15, 0.2) is 42.5 Å². The lowest BCUT2D eigenvalue weighted by Crippen LogP contribution is -1.99. The highest BCUT2D eigenvalue weighted by atomic mass is 16.4. The van der Waals surface area contributed by atoms with Crippen LogP contribution in [0.4, 0.5) is 0 Å². The molecule has 0 saturated carbocycles. The minimum absolute atomic E-state index is 0.353. The van der Waals surface area contributed by atoms with Gasteiger partial charge in [-0.2, -0.15) is 0 Å². The first kappa shape index (κ1) is 10.4. The number of carboxylic acids is 1. The smallest absolute Gasteiger partial charge is 0.335 e. The van der Waals surface area contributed by atoms with Crippen molar-refractivity contribution < 1.29 is 9.90 Å². The molecule has 1 radical (unpaired) electrons. The quantitative estimate of drug-likeness (QED) is 0.828. The van der Waals surface area contributed by atoms with E-state index in [1.165, 1.54) is 0 Å². The van der Waals surface area contributed by atoms with Crippen LogP contribution >= 0.6 is 0 Å². The Balaban J connectivity index is 2.46. The molecule has 2 nitrogen and oxygen atoms in total. The van der Waals surface area contributed by atoms with E-state index in [-0.39, 0.29) is 0 Å². The van der Waals surface area contributed by atoms with Crippen molar-refractivity contribution in [2.24, 2.45) is 0 Å². The van der Waals surface area contributed by atoms with Gasteiger partial charge in [-0.3, -0.25) is 0 Å². The second-order valence-corrected chi connectivity index (χ2v) is 3.62. The lowest BCUT2D eigenvalue weighted by Gasteiger charge is -2.05. The number of rotatable bonds is 2. The zero-order valence-corrected chi connectivity index (χ0v) is 8.90. The van der Waals surface area contributed by atoms with E-state index in [9.17, 15) is 4.79 Å². The van der Waals surface area contributed by atoms with Crippen molar-refractivity contribution in [3.05, 3.63) is 59.7 Å². The highest BCUT2D eigenvalue weighted by molar-refractivity contribution is 5.90. The number of benzene rings is 2. The third-order valence-electron chi connectivity index (χ3n) is 2.51. The van der Waals surface area contributed by atoms with Crippen LogP contribution < -0.4 is 0 Å². The molecule has 0 aliphatic heterocycles. The molecule has 0 fully saturated rings. The van der Waals surface area contributed by atoms with Gasteiger partial charge in [0.05, 0.1) is 5.56 Å². The fourth-order valence-electron chi connectivity index (χ4n) is 1.66. The van der Waals surface area contributed by atoms with Crippen LogP contribution in [0.1, 0.15) is 15.9 Å². The van der Waals surface area contributed by atoms with Gasteiger partial charge >= 0.3 is 5.97 Å². The topological polar surface area (TPSA) is 37.3 Å². The van der Waals surface area contributed by atoms with Crippen molar-refractivity contribution in [1.82, 2.24) is 0 Å². The van der Waals surface area contributed by atoms with Gasteiger partial charge in [0.2, 0.25) is 0 Å². The van der Waals surface area contributed by atoms with Crippen LogP contribution in [0.2, 0.25) is 0 Å². The van der Waals surface area contributed by atoms with E-state index >= 15 is 0 Å². The third-order valence-corrected chi connectivity index (χ3v) is 2.51. The minimum Gasteiger partial charge on any atom is -0.478 e. The predicted octanol–water partition coefficient (Wildman–Crippen LogP) is 3.16. The summed E-state index contributed by atoms with van der Waals surface area (Å²) in [6, 6.07) is 15.9. The molecule has 0 unspecified atom stereocenters. The van der Waals surface area contributed by atoms with Crippen molar-refractivity contribution in [1.29, 1.82) is 0 Å². The van der Waals surface area contributed by atoms with Crippen LogP contribution in [0, 0.1) is 13.0 Å². The van der Waals surface area contributed by atoms with E-state index in [0.29, 0.717) is 5.56 Å². The Bertz CT molecular complexity index is 516. The second kappa shape index (κ2) is 4.19. The van der Waals surface area contributed by atoms with Crippen molar-refractivity contribution in [3.63, 3.8) is 0 Å². The largest absolute Gasteiger partial charge is 0.478 e. The molecule has 2 aromatic carbocycles. The number of carbonyl (C=O) groups is 1. The van der Waals surface area contributed by atoms with Crippen LogP contribution in [-0.2, 0) is 0 Å². The fraction of sp³-hybridized carbons (Fsp3) is 0.0714. The van der Waals surface area contributed by atoms with Crippen molar-refractivity contribution in [2.75, 3.05) is 0 Å². The van der Waals surface area contributed by atoms with Crippen LogP contribution in [0.5, 0.6) is 0 Å². The SMILES string of the molecule is Cc1cc(-c2cc[c]cc2)ccc1C(=O)O. The van der Waals surface area contributed by atoms with Gasteiger partial charge in [-0.15, -0.1) is 0 Å². The maximum Gasteiger partial charge on any atom is 0.335 e. The average Bonchev–Trinajstić information content (AvgIpc) is 2.29. The van der Waals surface area contributed by atoms with Gasteiger partial charge in [-0.1, -0.05) is 36.4 Å². The monoisotopic (exact) mass is 211 g/mol. The Kier molecular flexibility index (Phi) is 2.73. The molecule has 0 amide bonds. The molecule has 16 heavy (non-hydrogen) atoms. The Morgan fingerprint density at radius 1 is 1.12 bits per heavy atom. The minimum atomic E-state index is -0.884. The molecule has 79 valence electrons. The second-order valence-electron chi connectivity index (χ2n) is 3.62. The van der Waals surface area contributed by atoms with E-state index in [1.807, 2.05) is 43.3 Å². The summed E-state index contributed by atoms with van der Waals surface area (Å²) in [5, 5.41) is 8.92. The van der Waals surface area contributed by atoms with Gasteiger partial charge in [-0.25, -0.2) is 4.79 Å². The fourth-order valence-corrected chi connectivity index (χ4v) is 1.66. The lowest BCUT2D eigenvalue weighted by atomic mass is 10.00. The standard InChI is InChI=1S/C14H11O2/c1-10-9-12(7-8-13(10)14(15)16)11-5-3-2-4-6-11/h3-9H,1H3,(H,15,16). The Morgan fingerprint density at radius 2 is 1.81 bits per heavy atom. The summed E-state index contributed by atoms with van der Waals surface area (Å²) < 4.78 is 0. The molecule has 0 aliphatic carbocycles. The van der Waals surface area contributed by atoms with Gasteiger partial charge in [0.15, 0.2) is 0 Å². The molecule has 0 saturated heterocycles. The van der Waals surface area contributed by atoms with Gasteiger partial charge in [-0.05, 0) is 35.7 Å². The first-order valence-electron chi connectivity index (χ1n) is 4.99. The summed E-state index contributed by atoms with van der Waals surface area (Å²) >= 11 is 0. The summed E-state index contributed by atoms with van der Waals surface area (Å²) in [7, 11) is 0. The molecule has 0 aromatic heterocycles. The first-order valence-corrected chi connectivity index (χ1v) is 4.99. The first-order chi connectivity index (χ1) is 7.68. The van der Waals surface area contributed by atoms with Gasteiger partial charge in [0, 0.05) is 0 Å². The summed E-state index contributed by atoms with van der Waals surface area (Å²) in [5.41, 5.74) is 3.22. The summed E-state index contributed by atoms with van der Waals surface area (Å²) in [6.07, 6.45) is 0. The van der Waals surface area contributed by atoms with Crippen molar-refractivity contribution in [3.8, 4) is 11.1 Å². The molecular weight excluding hydrogens is 200 g/mol. The number of hydrogen-bond donors (Lipinski definition) is 1. The maximum atomic E-state index is 10.9. The molecule has 1 N–H and O–H groups in total. The van der Waals surface area contributed by atoms with Crippen LogP contribution in [0.3, 0.4) is 0 Å². The van der Waals surface area contributed by atoms with Gasteiger partial charge < -0.3 is 5.11 Å². The summed E-state index contributed by atoms with van der Waals surface area (Å²) in [4.78, 5) is 10.9. The molecule has 2 heteroatoms. The zero-order chi connectivity index (χ0) is 11.5. The summed E-state index contributed by atoms with van der Waals surface area (Å²) in [6.45, 7) is 1.81. The molecule has 0 aliphatic rings. The molecule has 0 bridgehead atoms. The number of hydrogen-bond acceptors (Lipinski definition) is 1. The maximum absolute atomic E-state index is 10.9. The van der Waals surface area contributed by atoms with E-state index < -0.39 is 5.97 Å². The van der Waals surface area contributed by atoms with E-state index in [4.69, 9.17) is 5.11 Å². The van der Waals surface area contributed by atoms with Gasteiger partial charge in [0.1, 0.15) is 0 Å². The van der Waals surface area contributed by atoms with Crippen molar-refractivity contribution >= 4 is 5.97 Å². The Labute approximate surface area is 94.2 Å². The summed E-state index contributed by atoms with van der Waals surface area (Å²) in [5.74, 6) is -0.884.